The van der Waals surface area contributed by atoms with Gasteiger partial charge in [0.2, 0.25) is 5.78 Å². The summed E-state index contributed by atoms with van der Waals surface area (Å²) in [6.45, 7) is 3.98. The summed E-state index contributed by atoms with van der Waals surface area (Å²) in [6, 6.07) is 5.84. The van der Waals surface area contributed by atoms with Gasteiger partial charge in [-0.15, -0.1) is 0 Å². The van der Waals surface area contributed by atoms with E-state index >= 15 is 0 Å². The number of carbonyl (C=O) groups excluding carboxylic acids is 1. The van der Waals surface area contributed by atoms with Crippen LogP contribution in [0.25, 0.3) is 0 Å². The third-order valence-electron chi connectivity index (χ3n) is 2.51. The Morgan fingerprint density at radius 2 is 1.81 bits per heavy atom. The van der Waals surface area contributed by atoms with Crippen molar-refractivity contribution in [2.75, 3.05) is 0 Å². The number of nitrogens with zero attached hydrogens (tertiary/aromatic N) is 2. The molecule has 1 aromatic carbocycles. The molecule has 0 spiro atoms. The molecule has 3 nitrogen and oxygen atoms in total. The number of aromatic nitrogens is 2. The molecule has 0 aliphatic carbocycles. The fourth-order valence-corrected chi connectivity index (χ4v) is 1.82. The van der Waals surface area contributed by atoms with Crippen LogP contribution in [0.5, 0.6) is 0 Å². The van der Waals surface area contributed by atoms with Crippen molar-refractivity contribution in [1.29, 1.82) is 0 Å². The van der Waals surface area contributed by atoms with Gasteiger partial charge in [0.1, 0.15) is 0 Å². The fraction of sp³-hybridized carbons (Fsp3) is 0.231. The first-order valence-electron chi connectivity index (χ1n) is 5.18. The van der Waals surface area contributed by atoms with E-state index in [0.717, 1.165) is 11.1 Å². The van der Waals surface area contributed by atoms with Crippen molar-refractivity contribution in [1.82, 2.24) is 9.55 Å². The number of rotatable bonds is 2. The van der Waals surface area contributed by atoms with E-state index in [4.69, 9.17) is 0 Å². The number of aryl methyl sites for hydroxylation is 3. The summed E-state index contributed by atoms with van der Waals surface area (Å²) in [4.78, 5) is 16.2. The van der Waals surface area contributed by atoms with Gasteiger partial charge in [-0.25, -0.2) is 4.98 Å². The summed E-state index contributed by atoms with van der Waals surface area (Å²) in [6.07, 6.45) is 3.41. The molecule has 0 radical (unpaired) electrons. The molecule has 2 aromatic rings. The lowest BCUT2D eigenvalue weighted by atomic mass is 10.0. The predicted octanol–water partition coefficient (Wildman–Crippen LogP) is 2.27. The molecule has 0 fully saturated rings. The van der Waals surface area contributed by atoms with Gasteiger partial charge in [-0.3, -0.25) is 4.79 Å². The maximum atomic E-state index is 12.1. The average molecular weight is 214 g/mol. The van der Waals surface area contributed by atoms with Gasteiger partial charge in [-0.1, -0.05) is 17.2 Å². The van der Waals surface area contributed by atoms with Gasteiger partial charge in [0.25, 0.3) is 0 Å². The van der Waals surface area contributed by atoms with Crippen LogP contribution in [0, 0.1) is 13.8 Å². The van der Waals surface area contributed by atoms with Gasteiger partial charge in [0, 0.05) is 25.0 Å². The van der Waals surface area contributed by atoms with Crippen LogP contribution in [0.4, 0.5) is 0 Å². The normalized spacial score (nSPS) is 10.4. The molecule has 0 atom stereocenters. The first-order chi connectivity index (χ1) is 7.58. The topological polar surface area (TPSA) is 34.9 Å². The van der Waals surface area contributed by atoms with Crippen molar-refractivity contribution >= 4 is 5.78 Å². The Kier molecular flexibility index (Phi) is 2.60. The van der Waals surface area contributed by atoms with Crippen molar-refractivity contribution in [2.45, 2.75) is 13.8 Å². The van der Waals surface area contributed by atoms with Gasteiger partial charge < -0.3 is 4.57 Å². The second-order valence-electron chi connectivity index (χ2n) is 4.07. The second kappa shape index (κ2) is 3.93. The highest BCUT2D eigenvalue weighted by Gasteiger charge is 2.13. The van der Waals surface area contributed by atoms with E-state index in [0.29, 0.717) is 11.4 Å². The Bertz CT molecular complexity index is 520. The fourth-order valence-electron chi connectivity index (χ4n) is 1.82. The van der Waals surface area contributed by atoms with Crippen LogP contribution in [0.3, 0.4) is 0 Å². The molecule has 3 heteroatoms. The van der Waals surface area contributed by atoms with Gasteiger partial charge in [0.05, 0.1) is 0 Å². The van der Waals surface area contributed by atoms with E-state index < -0.39 is 0 Å². The molecule has 82 valence electrons. The first-order valence-corrected chi connectivity index (χ1v) is 5.18. The number of ketones is 1. The molecule has 0 N–H and O–H groups in total. The number of hydrogen-bond donors (Lipinski definition) is 0. The van der Waals surface area contributed by atoms with Crippen LogP contribution in [0.1, 0.15) is 27.3 Å². The van der Waals surface area contributed by atoms with Crippen molar-refractivity contribution in [3.8, 4) is 0 Å². The maximum Gasteiger partial charge on any atom is 0.228 e. The Morgan fingerprint density at radius 3 is 2.31 bits per heavy atom. The molecule has 0 bridgehead atoms. The summed E-state index contributed by atoms with van der Waals surface area (Å²) in [5.41, 5.74) is 2.89. The smallest absolute Gasteiger partial charge is 0.228 e. The highest BCUT2D eigenvalue weighted by atomic mass is 16.1. The Hall–Kier alpha value is -1.90. The standard InChI is InChI=1S/C13H14N2O/c1-9-6-10(2)8-11(7-9)12(16)13-14-4-5-15(13)3/h4-8H,1-3H3. The van der Waals surface area contributed by atoms with E-state index in [9.17, 15) is 4.79 Å². The van der Waals surface area contributed by atoms with Crippen LogP contribution in [0.2, 0.25) is 0 Å². The summed E-state index contributed by atoms with van der Waals surface area (Å²) < 4.78 is 1.74. The van der Waals surface area contributed by atoms with Gasteiger partial charge in [-0.2, -0.15) is 0 Å². The molecule has 0 amide bonds. The zero-order valence-electron chi connectivity index (χ0n) is 9.69. The molecule has 0 unspecified atom stereocenters. The molecule has 2 rings (SSSR count). The monoisotopic (exact) mass is 214 g/mol. The molecule has 1 heterocycles. The molecule has 0 aliphatic rings. The van der Waals surface area contributed by atoms with E-state index in [1.54, 1.807) is 17.0 Å². The van der Waals surface area contributed by atoms with Crippen LogP contribution in [-0.4, -0.2) is 15.3 Å². The predicted molar refractivity (Wildman–Crippen MR) is 62.6 cm³/mol. The van der Waals surface area contributed by atoms with Gasteiger partial charge >= 0.3 is 0 Å². The summed E-state index contributed by atoms with van der Waals surface area (Å²) in [5, 5.41) is 0. The van der Waals surface area contributed by atoms with Crippen LogP contribution in [0.15, 0.2) is 30.6 Å². The minimum atomic E-state index is -0.0284. The van der Waals surface area contributed by atoms with Crippen molar-refractivity contribution in [3.05, 3.63) is 53.1 Å². The Labute approximate surface area is 94.7 Å². The first kappa shape index (κ1) is 10.6. The van der Waals surface area contributed by atoms with Crippen molar-refractivity contribution in [3.63, 3.8) is 0 Å². The molecule has 0 saturated heterocycles. The van der Waals surface area contributed by atoms with Gasteiger partial charge in [-0.05, 0) is 26.0 Å². The largest absolute Gasteiger partial charge is 0.331 e. The second-order valence-corrected chi connectivity index (χ2v) is 4.07. The van der Waals surface area contributed by atoms with E-state index in [1.807, 2.05) is 33.0 Å². The van der Waals surface area contributed by atoms with Crippen LogP contribution >= 0.6 is 0 Å². The highest BCUT2D eigenvalue weighted by molar-refractivity contribution is 6.06. The number of hydrogen-bond acceptors (Lipinski definition) is 2. The molecule has 0 saturated carbocycles. The molecule has 1 aromatic heterocycles. The minimum absolute atomic E-state index is 0.0284. The maximum absolute atomic E-state index is 12.1. The lowest BCUT2D eigenvalue weighted by molar-refractivity contribution is 0.102. The van der Waals surface area contributed by atoms with Crippen LogP contribution < -0.4 is 0 Å². The van der Waals surface area contributed by atoms with Gasteiger partial charge in [0.15, 0.2) is 5.82 Å². The van der Waals surface area contributed by atoms with Crippen molar-refractivity contribution in [2.24, 2.45) is 7.05 Å². The molecular weight excluding hydrogens is 200 g/mol. The zero-order chi connectivity index (χ0) is 11.7. The van der Waals surface area contributed by atoms with E-state index in [-0.39, 0.29) is 5.78 Å². The number of carbonyl (C=O) groups is 1. The summed E-state index contributed by atoms with van der Waals surface area (Å²) in [7, 11) is 1.82. The Morgan fingerprint density at radius 1 is 1.19 bits per heavy atom. The lowest BCUT2D eigenvalue weighted by Gasteiger charge is -2.04. The SMILES string of the molecule is Cc1cc(C)cc(C(=O)c2nccn2C)c1. The third kappa shape index (κ3) is 1.89. The number of benzene rings is 1. The summed E-state index contributed by atoms with van der Waals surface area (Å²) in [5.74, 6) is 0.448. The zero-order valence-corrected chi connectivity index (χ0v) is 9.69. The van der Waals surface area contributed by atoms with Crippen molar-refractivity contribution < 1.29 is 4.79 Å². The highest BCUT2D eigenvalue weighted by Crippen LogP contribution is 2.12. The lowest BCUT2D eigenvalue weighted by Crippen LogP contribution is -2.09. The Balaban J connectivity index is 2.45. The quantitative estimate of drug-likeness (QED) is 0.719. The van der Waals surface area contributed by atoms with E-state index in [2.05, 4.69) is 11.1 Å². The van der Waals surface area contributed by atoms with Crippen LogP contribution in [-0.2, 0) is 7.05 Å². The third-order valence-corrected chi connectivity index (χ3v) is 2.51. The molecule has 0 aliphatic heterocycles. The van der Waals surface area contributed by atoms with E-state index in [1.165, 1.54) is 0 Å². The molecule has 16 heavy (non-hydrogen) atoms. The number of imidazole rings is 1. The molecular formula is C13H14N2O. The summed E-state index contributed by atoms with van der Waals surface area (Å²) >= 11 is 0. The average Bonchev–Trinajstić information content (AvgIpc) is 2.62. The minimum Gasteiger partial charge on any atom is -0.331 e.